The number of nitrogens with zero attached hydrogens (tertiary/aromatic N) is 5. The Morgan fingerprint density at radius 3 is 2.76 bits per heavy atom. The maximum Gasteiger partial charge on any atom is 0.254 e. The first kappa shape index (κ1) is 15.3. The van der Waals surface area contributed by atoms with Crippen LogP contribution >= 0.6 is 0 Å². The fraction of sp³-hybridized carbons (Fsp3) is 0.188. The average Bonchev–Trinajstić information content (AvgIpc) is 3.06. The van der Waals surface area contributed by atoms with Gasteiger partial charge >= 0.3 is 0 Å². The van der Waals surface area contributed by atoms with Gasteiger partial charge in [0.15, 0.2) is 11.6 Å². The minimum Gasteiger partial charge on any atom is -0.338 e. The first-order valence-corrected chi connectivity index (χ1v) is 7.46. The number of halogens is 2. The van der Waals surface area contributed by atoms with Gasteiger partial charge in [0.05, 0.1) is 12.1 Å². The van der Waals surface area contributed by atoms with Crippen LogP contribution in [0.2, 0.25) is 0 Å². The van der Waals surface area contributed by atoms with Gasteiger partial charge in [0.25, 0.3) is 5.91 Å². The summed E-state index contributed by atoms with van der Waals surface area (Å²) in [5.74, 6) is -1.78. The summed E-state index contributed by atoms with van der Waals surface area (Å²) in [4.78, 5) is 26.0. The lowest BCUT2D eigenvalue weighted by atomic mass is 9.98. The standard InChI is InChI=1S/C16H11F2N5O2/c17-11-2-1-9(5-12(11)18)16(24)23-7-10(8-23)15-21-14(22-25-15)13-6-19-3-4-20-13/h1-6,10H,7-8H2. The van der Waals surface area contributed by atoms with E-state index in [0.29, 0.717) is 30.5 Å². The molecule has 4 rings (SSSR count). The predicted octanol–water partition coefficient (Wildman–Crippen LogP) is 2.04. The van der Waals surface area contributed by atoms with Gasteiger partial charge in [-0.05, 0) is 18.2 Å². The quantitative estimate of drug-likeness (QED) is 0.723. The van der Waals surface area contributed by atoms with Gasteiger partial charge in [-0.25, -0.2) is 13.8 Å². The molecular formula is C16H11F2N5O2. The highest BCUT2D eigenvalue weighted by Gasteiger charge is 2.36. The number of carbonyl (C=O) groups is 1. The summed E-state index contributed by atoms with van der Waals surface area (Å²) in [7, 11) is 0. The molecule has 0 radical (unpaired) electrons. The molecule has 1 fully saturated rings. The number of rotatable bonds is 3. The summed E-state index contributed by atoms with van der Waals surface area (Å²) < 4.78 is 31.4. The fourth-order valence-electron chi connectivity index (χ4n) is 2.53. The van der Waals surface area contributed by atoms with Crippen molar-refractivity contribution in [3.63, 3.8) is 0 Å². The van der Waals surface area contributed by atoms with E-state index >= 15 is 0 Å². The Labute approximate surface area is 140 Å². The second-order valence-corrected chi connectivity index (χ2v) is 5.58. The lowest BCUT2D eigenvalue weighted by molar-refractivity contribution is 0.0568. The van der Waals surface area contributed by atoms with Gasteiger partial charge in [-0.15, -0.1) is 0 Å². The molecule has 1 saturated heterocycles. The smallest absolute Gasteiger partial charge is 0.254 e. The molecule has 0 N–H and O–H groups in total. The molecule has 0 unspecified atom stereocenters. The Morgan fingerprint density at radius 2 is 2.04 bits per heavy atom. The van der Waals surface area contributed by atoms with E-state index in [1.807, 2.05) is 0 Å². The molecule has 0 atom stereocenters. The largest absolute Gasteiger partial charge is 0.338 e. The lowest BCUT2D eigenvalue weighted by Crippen LogP contribution is -2.48. The van der Waals surface area contributed by atoms with Crippen molar-refractivity contribution >= 4 is 5.91 Å². The third-order valence-corrected chi connectivity index (χ3v) is 3.92. The van der Waals surface area contributed by atoms with Crippen LogP contribution in [-0.4, -0.2) is 44.0 Å². The van der Waals surface area contributed by atoms with Crippen molar-refractivity contribution < 1.29 is 18.1 Å². The topological polar surface area (TPSA) is 85.0 Å². The predicted molar refractivity (Wildman–Crippen MR) is 80.3 cm³/mol. The first-order valence-electron chi connectivity index (χ1n) is 7.46. The maximum atomic E-state index is 13.2. The monoisotopic (exact) mass is 343 g/mol. The Balaban J connectivity index is 1.43. The number of benzene rings is 1. The fourth-order valence-corrected chi connectivity index (χ4v) is 2.53. The molecule has 0 saturated carbocycles. The molecule has 1 amide bonds. The average molecular weight is 343 g/mol. The first-order chi connectivity index (χ1) is 12.1. The molecule has 0 spiro atoms. The summed E-state index contributed by atoms with van der Waals surface area (Å²) in [5, 5.41) is 3.86. The van der Waals surface area contributed by atoms with Crippen LogP contribution in [0.5, 0.6) is 0 Å². The SMILES string of the molecule is O=C(c1ccc(F)c(F)c1)N1CC(c2nc(-c3cnccn3)no2)C1. The molecule has 1 aromatic carbocycles. The Kier molecular flexibility index (Phi) is 3.68. The Bertz CT molecular complexity index is 925. The van der Waals surface area contributed by atoms with Crippen molar-refractivity contribution in [2.24, 2.45) is 0 Å². The lowest BCUT2D eigenvalue weighted by Gasteiger charge is -2.37. The summed E-state index contributed by atoms with van der Waals surface area (Å²) in [6.07, 6.45) is 4.59. The highest BCUT2D eigenvalue weighted by Crippen LogP contribution is 2.28. The van der Waals surface area contributed by atoms with Gasteiger partial charge < -0.3 is 9.42 Å². The van der Waals surface area contributed by atoms with Crippen LogP contribution in [0.25, 0.3) is 11.5 Å². The van der Waals surface area contributed by atoms with E-state index in [4.69, 9.17) is 4.52 Å². The van der Waals surface area contributed by atoms with Gasteiger partial charge in [-0.3, -0.25) is 9.78 Å². The summed E-state index contributed by atoms with van der Waals surface area (Å²) in [6, 6.07) is 3.09. The molecule has 1 aliphatic heterocycles. The van der Waals surface area contributed by atoms with Crippen LogP contribution in [0, 0.1) is 11.6 Å². The van der Waals surface area contributed by atoms with Gasteiger partial charge in [-0.2, -0.15) is 4.98 Å². The van der Waals surface area contributed by atoms with Crippen molar-refractivity contribution in [1.82, 2.24) is 25.0 Å². The van der Waals surface area contributed by atoms with Gasteiger partial charge in [0.2, 0.25) is 11.7 Å². The Hall–Kier alpha value is -3.23. The molecule has 1 aliphatic rings. The molecule has 3 heterocycles. The second kappa shape index (κ2) is 6.00. The number of hydrogen-bond acceptors (Lipinski definition) is 6. The van der Waals surface area contributed by atoms with Crippen molar-refractivity contribution in [3.8, 4) is 11.5 Å². The number of hydrogen-bond donors (Lipinski definition) is 0. The van der Waals surface area contributed by atoms with Crippen LogP contribution < -0.4 is 0 Å². The molecule has 25 heavy (non-hydrogen) atoms. The van der Waals surface area contributed by atoms with Gasteiger partial charge in [0, 0.05) is 31.0 Å². The molecule has 9 heteroatoms. The Morgan fingerprint density at radius 1 is 1.20 bits per heavy atom. The van der Waals surface area contributed by atoms with E-state index in [-0.39, 0.29) is 17.4 Å². The van der Waals surface area contributed by atoms with Crippen LogP contribution in [0.1, 0.15) is 22.2 Å². The summed E-state index contributed by atoms with van der Waals surface area (Å²) in [5.41, 5.74) is 0.592. The van der Waals surface area contributed by atoms with Gasteiger partial charge in [0.1, 0.15) is 5.69 Å². The summed E-state index contributed by atoms with van der Waals surface area (Å²) >= 11 is 0. The van der Waals surface area contributed by atoms with E-state index < -0.39 is 11.6 Å². The number of likely N-dealkylation sites (tertiary alicyclic amines) is 1. The van der Waals surface area contributed by atoms with Crippen LogP contribution in [0.4, 0.5) is 8.78 Å². The highest BCUT2D eigenvalue weighted by atomic mass is 19.2. The van der Waals surface area contributed by atoms with E-state index in [1.165, 1.54) is 29.6 Å². The van der Waals surface area contributed by atoms with Crippen LogP contribution in [-0.2, 0) is 0 Å². The number of amides is 1. The number of aromatic nitrogens is 4. The molecule has 3 aromatic rings. The normalized spacial score (nSPS) is 14.4. The molecular weight excluding hydrogens is 332 g/mol. The summed E-state index contributed by atoms with van der Waals surface area (Å²) in [6.45, 7) is 0.722. The van der Waals surface area contributed by atoms with Crippen LogP contribution in [0.3, 0.4) is 0 Å². The van der Waals surface area contributed by atoms with E-state index in [9.17, 15) is 13.6 Å². The zero-order valence-corrected chi connectivity index (χ0v) is 12.8. The number of carbonyl (C=O) groups excluding carboxylic acids is 1. The van der Waals surface area contributed by atoms with E-state index in [0.717, 1.165) is 12.1 Å². The highest BCUT2D eigenvalue weighted by molar-refractivity contribution is 5.94. The minimum atomic E-state index is -1.05. The third-order valence-electron chi connectivity index (χ3n) is 3.92. The second-order valence-electron chi connectivity index (χ2n) is 5.58. The third kappa shape index (κ3) is 2.84. The molecule has 7 nitrogen and oxygen atoms in total. The van der Waals surface area contributed by atoms with Gasteiger partial charge in [-0.1, -0.05) is 5.16 Å². The van der Waals surface area contributed by atoms with Crippen molar-refractivity contribution in [3.05, 3.63) is 59.9 Å². The molecule has 126 valence electrons. The van der Waals surface area contributed by atoms with Crippen molar-refractivity contribution in [2.45, 2.75) is 5.92 Å². The molecule has 0 bridgehead atoms. The van der Waals surface area contributed by atoms with E-state index in [2.05, 4.69) is 20.1 Å². The van der Waals surface area contributed by atoms with Crippen molar-refractivity contribution in [1.29, 1.82) is 0 Å². The zero-order valence-electron chi connectivity index (χ0n) is 12.8. The van der Waals surface area contributed by atoms with Crippen molar-refractivity contribution in [2.75, 3.05) is 13.1 Å². The molecule has 0 aliphatic carbocycles. The zero-order chi connectivity index (χ0) is 17.4. The molecule has 2 aromatic heterocycles. The van der Waals surface area contributed by atoms with E-state index in [1.54, 1.807) is 0 Å². The van der Waals surface area contributed by atoms with Crippen LogP contribution in [0.15, 0.2) is 41.3 Å². The minimum absolute atomic E-state index is 0.100. The maximum absolute atomic E-state index is 13.2.